The number of allylic oxidation sites excluding steroid dienone is 1. The van der Waals surface area contributed by atoms with Gasteiger partial charge >= 0.3 is 0 Å². The number of ketones is 1. The maximum absolute atomic E-state index is 12.6. The number of ether oxygens (including phenoxy) is 4. The van der Waals surface area contributed by atoms with Gasteiger partial charge in [0, 0.05) is 16.1 Å². The lowest BCUT2D eigenvalue weighted by molar-refractivity contribution is 0.104. The minimum Gasteiger partial charge on any atom is -0.496 e. The van der Waals surface area contributed by atoms with Crippen molar-refractivity contribution in [2.24, 2.45) is 0 Å². The molecule has 166 valence electrons. The number of carbonyl (C=O) groups is 1. The van der Waals surface area contributed by atoms with Crippen molar-refractivity contribution < 1.29 is 23.7 Å². The first-order valence-corrected chi connectivity index (χ1v) is 10.8. The monoisotopic (exact) mass is 516 g/mol. The lowest BCUT2D eigenvalue weighted by Gasteiger charge is -2.12. The van der Waals surface area contributed by atoms with Gasteiger partial charge in [-0.1, -0.05) is 23.7 Å². The summed E-state index contributed by atoms with van der Waals surface area (Å²) >= 11 is 9.43. The number of hydrogen-bond donors (Lipinski definition) is 0. The van der Waals surface area contributed by atoms with E-state index >= 15 is 0 Å². The van der Waals surface area contributed by atoms with Crippen LogP contribution in [-0.4, -0.2) is 27.1 Å². The molecule has 0 unspecified atom stereocenters. The molecule has 3 aromatic carbocycles. The summed E-state index contributed by atoms with van der Waals surface area (Å²) in [5.41, 5.74) is 2.19. The van der Waals surface area contributed by atoms with Crippen LogP contribution < -0.4 is 18.9 Å². The van der Waals surface area contributed by atoms with Crippen molar-refractivity contribution in [3.63, 3.8) is 0 Å². The van der Waals surface area contributed by atoms with Gasteiger partial charge in [0.1, 0.15) is 18.1 Å². The standard InChI is InChI=1S/C25H22BrClO5/c1-29-22-9-5-16(12-18(22)15-32-23-11-7-19(27)14-20(23)26)4-8-21(28)17-6-10-24(30-2)25(13-17)31-3/h4-14H,15H2,1-3H3/b8-4+. The summed E-state index contributed by atoms with van der Waals surface area (Å²) in [6.45, 7) is 0.286. The molecule has 0 saturated carbocycles. The average molecular weight is 518 g/mol. The average Bonchev–Trinajstić information content (AvgIpc) is 2.81. The van der Waals surface area contributed by atoms with Crippen LogP contribution in [-0.2, 0) is 6.61 Å². The van der Waals surface area contributed by atoms with Crippen molar-refractivity contribution in [3.8, 4) is 23.0 Å². The van der Waals surface area contributed by atoms with E-state index in [0.717, 1.165) is 15.6 Å². The largest absolute Gasteiger partial charge is 0.496 e. The summed E-state index contributed by atoms with van der Waals surface area (Å²) in [5.74, 6) is 2.29. The Hall–Kier alpha value is -2.96. The predicted molar refractivity (Wildman–Crippen MR) is 129 cm³/mol. The molecule has 0 heterocycles. The van der Waals surface area contributed by atoms with E-state index in [2.05, 4.69) is 15.9 Å². The lowest BCUT2D eigenvalue weighted by atomic mass is 10.1. The Kier molecular flexibility index (Phi) is 8.20. The summed E-state index contributed by atoms with van der Waals surface area (Å²) < 4.78 is 22.6. The third-order valence-corrected chi connectivity index (χ3v) is 5.53. The van der Waals surface area contributed by atoms with E-state index in [-0.39, 0.29) is 12.4 Å². The SMILES string of the molecule is COc1ccc(/C=C/C(=O)c2ccc(OC)c(OC)c2)cc1COc1ccc(Cl)cc1Br. The molecular formula is C25H22BrClO5. The molecule has 7 heteroatoms. The number of benzene rings is 3. The van der Waals surface area contributed by atoms with Crippen LogP contribution in [0.5, 0.6) is 23.0 Å². The number of carbonyl (C=O) groups excluding carboxylic acids is 1. The number of rotatable bonds is 9. The zero-order valence-electron chi connectivity index (χ0n) is 17.9. The maximum Gasteiger partial charge on any atom is 0.185 e. The van der Waals surface area contributed by atoms with Gasteiger partial charge in [-0.15, -0.1) is 0 Å². The number of hydrogen-bond acceptors (Lipinski definition) is 5. The molecule has 0 N–H and O–H groups in total. The second kappa shape index (κ2) is 11.1. The zero-order chi connectivity index (χ0) is 23.1. The summed E-state index contributed by atoms with van der Waals surface area (Å²) in [5, 5.41) is 0.619. The van der Waals surface area contributed by atoms with Gasteiger partial charge in [-0.25, -0.2) is 0 Å². The summed E-state index contributed by atoms with van der Waals surface area (Å²) in [6, 6.07) is 16.0. The smallest absolute Gasteiger partial charge is 0.185 e. The van der Waals surface area contributed by atoms with E-state index in [1.165, 1.54) is 13.2 Å². The van der Waals surface area contributed by atoms with Crippen molar-refractivity contribution in [1.82, 2.24) is 0 Å². The highest BCUT2D eigenvalue weighted by molar-refractivity contribution is 9.10. The predicted octanol–water partition coefficient (Wildman–Crippen LogP) is 6.60. The first-order valence-electron chi connectivity index (χ1n) is 9.64. The van der Waals surface area contributed by atoms with Gasteiger partial charge in [-0.05, 0) is 76.1 Å². The first-order chi connectivity index (χ1) is 15.4. The van der Waals surface area contributed by atoms with Gasteiger partial charge in [0.05, 0.1) is 25.8 Å². The Bertz CT molecular complexity index is 1140. The van der Waals surface area contributed by atoms with Crippen molar-refractivity contribution in [1.29, 1.82) is 0 Å². The van der Waals surface area contributed by atoms with Gasteiger partial charge in [-0.2, -0.15) is 0 Å². The number of methoxy groups -OCH3 is 3. The highest BCUT2D eigenvalue weighted by atomic mass is 79.9. The second-order valence-corrected chi connectivity index (χ2v) is 7.99. The van der Waals surface area contributed by atoms with E-state index in [0.29, 0.717) is 33.6 Å². The van der Waals surface area contributed by atoms with Gasteiger partial charge < -0.3 is 18.9 Å². The molecule has 3 rings (SSSR count). The van der Waals surface area contributed by atoms with E-state index < -0.39 is 0 Å². The lowest BCUT2D eigenvalue weighted by Crippen LogP contribution is -2.00. The molecule has 0 aromatic heterocycles. The van der Waals surface area contributed by atoms with Crippen LogP contribution in [0.25, 0.3) is 6.08 Å². The van der Waals surface area contributed by atoms with Crippen LogP contribution in [0.2, 0.25) is 5.02 Å². The zero-order valence-corrected chi connectivity index (χ0v) is 20.2. The molecule has 0 aliphatic carbocycles. The summed E-state index contributed by atoms with van der Waals surface area (Å²) in [6.07, 6.45) is 3.27. The first kappa shape index (κ1) is 23.7. The Balaban J connectivity index is 1.77. The highest BCUT2D eigenvalue weighted by Gasteiger charge is 2.10. The molecule has 0 aliphatic rings. The van der Waals surface area contributed by atoms with Crippen LogP contribution in [0, 0.1) is 0 Å². The molecule has 5 nitrogen and oxygen atoms in total. The minimum atomic E-state index is -0.148. The Morgan fingerprint density at radius 3 is 2.25 bits per heavy atom. The third kappa shape index (κ3) is 5.84. The Morgan fingerprint density at radius 1 is 0.875 bits per heavy atom. The Labute approximate surface area is 200 Å². The summed E-state index contributed by atoms with van der Waals surface area (Å²) in [7, 11) is 4.69. The fourth-order valence-electron chi connectivity index (χ4n) is 3.02. The van der Waals surface area contributed by atoms with Crippen molar-refractivity contribution in [3.05, 3.63) is 86.9 Å². The van der Waals surface area contributed by atoms with Gasteiger partial charge in [0.2, 0.25) is 0 Å². The molecule has 0 aliphatic heterocycles. The van der Waals surface area contributed by atoms with Crippen molar-refractivity contribution in [2.75, 3.05) is 21.3 Å². The molecule has 0 saturated heterocycles. The van der Waals surface area contributed by atoms with Crippen LogP contribution in [0.1, 0.15) is 21.5 Å². The van der Waals surface area contributed by atoms with E-state index in [1.54, 1.807) is 56.7 Å². The van der Waals surface area contributed by atoms with Crippen LogP contribution in [0.15, 0.2) is 65.1 Å². The molecule has 3 aromatic rings. The van der Waals surface area contributed by atoms with E-state index in [9.17, 15) is 4.79 Å². The quantitative estimate of drug-likeness (QED) is 0.236. The van der Waals surface area contributed by atoms with Gasteiger partial charge in [0.25, 0.3) is 0 Å². The van der Waals surface area contributed by atoms with Gasteiger partial charge in [-0.3, -0.25) is 4.79 Å². The summed E-state index contributed by atoms with van der Waals surface area (Å²) in [4.78, 5) is 12.6. The van der Waals surface area contributed by atoms with E-state index in [1.807, 2.05) is 18.2 Å². The maximum atomic E-state index is 12.6. The van der Waals surface area contributed by atoms with Gasteiger partial charge in [0.15, 0.2) is 17.3 Å². The van der Waals surface area contributed by atoms with Crippen molar-refractivity contribution >= 4 is 39.4 Å². The molecule has 0 bridgehead atoms. The molecule has 32 heavy (non-hydrogen) atoms. The topological polar surface area (TPSA) is 54.0 Å². The minimum absolute atomic E-state index is 0.148. The molecule has 0 atom stereocenters. The second-order valence-electron chi connectivity index (χ2n) is 6.70. The molecular weight excluding hydrogens is 496 g/mol. The van der Waals surface area contributed by atoms with Crippen LogP contribution in [0.4, 0.5) is 0 Å². The molecule has 0 spiro atoms. The highest BCUT2D eigenvalue weighted by Crippen LogP contribution is 2.30. The fourth-order valence-corrected chi connectivity index (χ4v) is 3.82. The number of halogens is 2. The molecule has 0 amide bonds. The van der Waals surface area contributed by atoms with Crippen molar-refractivity contribution in [2.45, 2.75) is 6.61 Å². The van der Waals surface area contributed by atoms with Crippen LogP contribution >= 0.6 is 27.5 Å². The van der Waals surface area contributed by atoms with E-state index in [4.69, 9.17) is 30.5 Å². The molecule has 0 radical (unpaired) electrons. The Morgan fingerprint density at radius 2 is 1.56 bits per heavy atom. The fraction of sp³-hybridized carbons (Fsp3) is 0.160. The molecule has 0 fully saturated rings. The van der Waals surface area contributed by atoms with Crippen LogP contribution in [0.3, 0.4) is 0 Å². The normalized spacial score (nSPS) is 10.8. The third-order valence-electron chi connectivity index (χ3n) is 4.68.